The van der Waals surface area contributed by atoms with Gasteiger partial charge < -0.3 is 5.73 Å². The molecule has 8 heteroatoms. The Labute approximate surface area is 116 Å². The van der Waals surface area contributed by atoms with E-state index in [4.69, 9.17) is 18.0 Å². The number of rotatable bonds is 4. The number of aryl methyl sites for hydroxylation is 1. The third-order valence-electron chi connectivity index (χ3n) is 2.51. The molecule has 0 spiro atoms. The number of aromatic nitrogens is 2. The number of H-pyrrole nitrogens is 1. The highest BCUT2D eigenvalue weighted by atomic mass is 32.2. The van der Waals surface area contributed by atoms with Crippen LogP contribution >= 0.6 is 12.2 Å². The number of anilines is 1. The minimum atomic E-state index is -3.72. The first-order chi connectivity index (χ1) is 8.92. The standard InChI is InChI=1S/C11H12N4O2S2/c1-7-10(6-13-14-7)19(16,17)15-9-5-3-2-4-8(9)11(12)18/h2-6,15H,1H3,(H2,12,18)(H,13,14). The highest BCUT2D eigenvalue weighted by Gasteiger charge is 2.20. The van der Waals surface area contributed by atoms with E-state index in [9.17, 15) is 8.42 Å². The summed E-state index contributed by atoms with van der Waals surface area (Å²) < 4.78 is 26.9. The van der Waals surface area contributed by atoms with Crippen LogP contribution in [-0.4, -0.2) is 23.6 Å². The predicted molar refractivity (Wildman–Crippen MR) is 76.5 cm³/mol. The molecule has 0 aliphatic carbocycles. The van der Waals surface area contributed by atoms with Gasteiger partial charge in [-0.1, -0.05) is 24.4 Å². The van der Waals surface area contributed by atoms with Crippen LogP contribution < -0.4 is 10.5 Å². The zero-order valence-corrected chi connectivity index (χ0v) is 11.7. The maximum absolute atomic E-state index is 12.2. The summed E-state index contributed by atoms with van der Waals surface area (Å²) in [5.41, 5.74) is 6.84. The number of benzene rings is 1. The molecule has 6 nitrogen and oxygen atoms in total. The number of nitrogens with two attached hydrogens (primary N) is 1. The lowest BCUT2D eigenvalue weighted by Gasteiger charge is -2.11. The fourth-order valence-electron chi connectivity index (χ4n) is 1.60. The normalized spacial score (nSPS) is 11.2. The monoisotopic (exact) mass is 296 g/mol. The number of sulfonamides is 1. The number of thiocarbonyl (C=S) groups is 1. The summed E-state index contributed by atoms with van der Waals surface area (Å²) in [5.74, 6) is 0. The van der Waals surface area contributed by atoms with E-state index in [1.165, 1.54) is 6.20 Å². The van der Waals surface area contributed by atoms with Crippen LogP contribution in [0.3, 0.4) is 0 Å². The van der Waals surface area contributed by atoms with Crippen molar-refractivity contribution in [3.8, 4) is 0 Å². The Bertz CT molecular complexity index is 722. The highest BCUT2D eigenvalue weighted by Crippen LogP contribution is 2.20. The third-order valence-corrected chi connectivity index (χ3v) is 4.21. The Morgan fingerprint density at radius 1 is 1.42 bits per heavy atom. The average Bonchev–Trinajstić information content (AvgIpc) is 2.76. The number of nitrogens with one attached hydrogen (secondary N) is 2. The van der Waals surface area contributed by atoms with Gasteiger partial charge in [0, 0.05) is 5.56 Å². The van der Waals surface area contributed by atoms with Gasteiger partial charge in [0.2, 0.25) is 0 Å². The molecular weight excluding hydrogens is 284 g/mol. The van der Waals surface area contributed by atoms with Crippen LogP contribution in [0.15, 0.2) is 35.4 Å². The Hall–Kier alpha value is -1.93. The molecule has 19 heavy (non-hydrogen) atoms. The second-order valence-corrected chi connectivity index (χ2v) is 5.97. The summed E-state index contributed by atoms with van der Waals surface area (Å²) in [7, 11) is -3.72. The van der Waals surface area contributed by atoms with Crippen LogP contribution in [-0.2, 0) is 10.0 Å². The Morgan fingerprint density at radius 2 is 2.11 bits per heavy atom. The molecule has 1 aromatic carbocycles. The minimum absolute atomic E-state index is 0.0882. The zero-order chi connectivity index (χ0) is 14.0. The fraction of sp³-hybridized carbons (Fsp3) is 0.0909. The van der Waals surface area contributed by atoms with Gasteiger partial charge in [-0.05, 0) is 19.1 Å². The third kappa shape index (κ3) is 2.74. The van der Waals surface area contributed by atoms with E-state index in [-0.39, 0.29) is 9.88 Å². The maximum atomic E-state index is 12.2. The van der Waals surface area contributed by atoms with Crippen molar-refractivity contribution in [2.75, 3.05) is 4.72 Å². The summed E-state index contributed by atoms with van der Waals surface area (Å²) >= 11 is 4.89. The fourth-order valence-corrected chi connectivity index (χ4v) is 2.99. The van der Waals surface area contributed by atoms with Crippen molar-refractivity contribution in [1.29, 1.82) is 0 Å². The van der Waals surface area contributed by atoms with Crippen molar-refractivity contribution in [3.63, 3.8) is 0 Å². The number of aromatic amines is 1. The van der Waals surface area contributed by atoms with Crippen molar-refractivity contribution < 1.29 is 8.42 Å². The molecule has 0 aliphatic rings. The second kappa shape index (κ2) is 4.98. The summed E-state index contributed by atoms with van der Waals surface area (Å²) in [4.78, 5) is 0.215. The molecule has 1 heterocycles. The molecule has 0 amide bonds. The molecule has 4 N–H and O–H groups in total. The Kier molecular flexibility index (Phi) is 3.54. The Balaban J connectivity index is 2.42. The van der Waals surface area contributed by atoms with Gasteiger partial charge in [0.05, 0.1) is 17.6 Å². The van der Waals surface area contributed by atoms with Gasteiger partial charge in [-0.25, -0.2) is 8.42 Å². The van der Waals surface area contributed by atoms with Crippen molar-refractivity contribution in [2.24, 2.45) is 5.73 Å². The van der Waals surface area contributed by atoms with Crippen molar-refractivity contribution in [3.05, 3.63) is 41.7 Å². The van der Waals surface area contributed by atoms with E-state index in [2.05, 4.69) is 14.9 Å². The largest absolute Gasteiger partial charge is 0.389 e. The van der Waals surface area contributed by atoms with E-state index in [1.54, 1.807) is 31.2 Å². The molecule has 0 unspecified atom stereocenters. The van der Waals surface area contributed by atoms with E-state index in [0.717, 1.165) is 0 Å². The molecule has 0 saturated heterocycles. The van der Waals surface area contributed by atoms with Crippen LogP contribution in [0.2, 0.25) is 0 Å². The summed E-state index contributed by atoms with van der Waals surface area (Å²) in [6, 6.07) is 6.68. The van der Waals surface area contributed by atoms with Gasteiger partial charge in [-0.15, -0.1) is 0 Å². The Morgan fingerprint density at radius 3 is 2.68 bits per heavy atom. The van der Waals surface area contributed by atoms with Gasteiger partial charge >= 0.3 is 0 Å². The predicted octanol–water partition coefficient (Wildman–Crippen LogP) is 1.15. The average molecular weight is 296 g/mol. The molecule has 0 fully saturated rings. The van der Waals surface area contributed by atoms with Crippen molar-refractivity contribution in [1.82, 2.24) is 10.2 Å². The molecule has 2 rings (SSSR count). The quantitative estimate of drug-likeness (QED) is 0.735. The number of para-hydroxylation sites is 1. The van der Waals surface area contributed by atoms with Crippen molar-refractivity contribution >= 4 is 32.9 Å². The molecule has 0 bridgehead atoms. The minimum Gasteiger partial charge on any atom is -0.389 e. The van der Waals surface area contributed by atoms with E-state index in [0.29, 0.717) is 16.9 Å². The molecule has 100 valence electrons. The topological polar surface area (TPSA) is 101 Å². The zero-order valence-electron chi connectivity index (χ0n) is 10.0. The lowest BCUT2D eigenvalue weighted by atomic mass is 10.2. The molecule has 0 saturated carbocycles. The van der Waals surface area contributed by atoms with Crippen LogP contribution in [0.1, 0.15) is 11.3 Å². The highest BCUT2D eigenvalue weighted by molar-refractivity contribution is 7.92. The molecule has 1 aromatic heterocycles. The first-order valence-corrected chi connectivity index (χ1v) is 7.22. The van der Waals surface area contributed by atoms with Gasteiger partial charge in [-0.2, -0.15) is 5.10 Å². The molecule has 2 aromatic rings. The van der Waals surface area contributed by atoms with Gasteiger partial charge in [-0.3, -0.25) is 9.82 Å². The smallest absolute Gasteiger partial charge is 0.265 e. The summed E-state index contributed by atoms with van der Waals surface area (Å²) in [6.07, 6.45) is 1.25. The molecule has 0 atom stereocenters. The first kappa shape index (κ1) is 13.5. The van der Waals surface area contributed by atoms with Crippen LogP contribution in [0.25, 0.3) is 0 Å². The van der Waals surface area contributed by atoms with Crippen LogP contribution in [0.4, 0.5) is 5.69 Å². The van der Waals surface area contributed by atoms with Crippen LogP contribution in [0.5, 0.6) is 0 Å². The maximum Gasteiger partial charge on any atom is 0.265 e. The molecular formula is C11H12N4O2S2. The van der Waals surface area contributed by atoms with Gasteiger partial charge in [0.25, 0.3) is 10.0 Å². The lowest BCUT2D eigenvalue weighted by Crippen LogP contribution is -2.18. The van der Waals surface area contributed by atoms with E-state index < -0.39 is 10.0 Å². The van der Waals surface area contributed by atoms with Gasteiger partial charge in [0.1, 0.15) is 9.88 Å². The van der Waals surface area contributed by atoms with E-state index >= 15 is 0 Å². The lowest BCUT2D eigenvalue weighted by molar-refractivity contribution is 0.600. The number of hydrogen-bond donors (Lipinski definition) is 3. The van der Waals surface area contributed by atoms with E-state index in [1.807, 2.05) is 0 Å². The summed E-state index contributed by atoms with van der Waals surface area (Å²) in [6.45, 7) is 1.63. The second-order valence-electron chi connectivity index (χ2n) is 3.87. The van der Waals surface area contributed by atoms with Crippen molar-refractivity contribution in [2.45, 2.75) is 11.8 Å². The molecule has 0 aliphatic heterocycles. The summed E-state index contributed by atoms with van der Waals surface area (Å²) in [5, 5.41) is 6.27. The first-order valence-electron chi connectivity index (χ1n) is 5.33. The van der Waals surface area contributed by atoms with Crippen LogP contribution in [0, 0.1) is 6.92 Å². The number of nitrogens with zero attached hydrogens (tertiary/aromatic N) is 1. The number of hydrogen-bond acceptors (Lipinski definition) is 4. The SMILES string of the molecule is Cc1[nH]ncc1S(=O)(=O)Nc1ccccc1C(N)=S. The molecule has 0 radical (unpaired) electrons. The van der Waals surface area contributed by atoms with Gasteiger partial charge in [0.15, 0.2) is 0 Å².